The summed E-state index contributed by atoms with van der Waals surface area (Å²) >= 11 is 1.22. The summed E-state index contributed by atoms with van der Waals surface area (Å²) in [5.41, 5.74) is 3.37. The summed E-state index contributed by atoms with van der Waals surface area (Å²) in [6.45, 7) is 2.52. The maximum Gasteiger partial charge on any atom is 0.411 e. The summed E-state index contributed by atoms with van der Waals surface area (Å²) in [4.78, 5) is 23.8. The SMILES string of the molecule is CCOC(=O)Nc1ccc(CCN2N=C(c3ccc(OC)c(OC)c3)CSC2=O)cc1. The van der Waals surface area contributed by atoms with Gasteiger partial charge in [0, 0.05) is 23.5 Å². The van der Waals surface area contributed by atoms with Crippen LogP contribution in [0.15, 0.2) is 47.6 Å². The average molecular weight is 444 g/mol. The average Bonchev–Trinajstić information content (AvgIpc) is 2.79. The van der Waals surface area contributed by atoms with Crippen molar-refractivity contribution in [3.8, 4) is 11.5 Å². The van der Waals surface area contributed by atoms with Gasteiger partial charge >= 0.3 is 11.3 Å². The first-order valence-corrected chi connectivity index (χ1v) is 10.8. The molecule has 0 radical (unpaired) electrons. The van der Waals surface area contributed by atoms with E-state index in [0.717, 1.165) is 16.8 Å². The van der Waals surface area contributed by atoms with Gasteiger partial charge in [-0.25, -0.2) is 9.80 Å². The molecule has 8 nitrogen and oxygen atoms in total. The van der Waals surface area contributed by atoms with Gasteiger partial charge in [-0.15, -0.1) is 0 Å². The molecule has 1 heterocycles. The van der Waals surface area contributed by atoms with E-state index < -0.39 is 6.09 Å². The number of hydrazone groups is 1. The molecule has 31 heavy (non-hydrogen) atoms. The van der Waals surface area contributed by atoms with Gasteiger partial charge in [0.25, 0.3) is 0 Å². The summed E-state index contributed by atoms with van der Waals surface area (Å²) in [6, 6.07) is 13.0. The highest BCUT2D eigenvalue weighted by atomic mass is 32.2. The van der Waals surface area contributed by atoms with Gasteiger partial charge in [-0.3, -0.25) is 10.1 Å². The summed E-state index contributed by atoms with van der Waals surface area (Å²) in [5.74, 6) is 1.76. The number of anilines is 1. The lowest BCUT2D eigenvalue weighted by atomic mass is 10.1. The zero-order valence-corrected chi connectivity index (χ0v) is 18.5. The number of hydrogen-bond donors (Lipinski definition) is 1. The van der Waals surface area contributed by atoms with Gasteiger partial charge in [0.15, 0.2) is 11.5 Å². The first-order chi connectivity index (χ1) is 15.0. The molecule has 0 unspecified atom stereocenters. The summed E-state index contributed by atoms with van der Waals surface area (Å²) in [7, 11) is 3.17. The van der Waals surface area contributed by atoms with Crippen molar-refractivity contribution in [3.05, 3.63) is 53.6 Å². The Labute approximate surface area is 185 Å². The minimum absolute atomic E-state index is 0.0789. The first-order valence-electron chi connectivity index (χ1n) is 9.81. The third-order valence-electron chi connectivity index (χ3n) is 4.59. The van der Waals surface area contributed by atoms with Crippen LogP contribution in [-0.2, 0) is 11.2 Å². The monoisotopic (exact) mass is 443 g/mol. The van der Waals surface area contributed by atoms with Crippen LogP contribution in [0.2, 0.25) is 0 Å². The Balaban J connectivity index is 1.65. The van der Waals surface area contributed by atoms with Crippen LogP contribution in [-0.4, -0.2) is 55.2 Å². The minimum atomic E-state index is -0.483. The normalized spacial score (nSPS) is 13.5. The number of methoxy groups -OCH3 is 2. The number of thioether (sulfide) groups is 1. The maximum atomic E-state index is 12.3. The van der Waals surface area contributed by atoms with Crippen LogP contribution in [0.5, 0.6) is 11.5 Å². The molecule has 2 aromatic carbocycles. The fourth-order valence-corrected chi connectivity index (χ4v) is 3.76. The Morgan fingerprint density at radius 2 is 1.87 bits per heavy atom. The number of rotatable bonds is 8. The molecule has 3 rings (SSSR count). The van der Waals surface area contributed by atoms with E-state index in [-0.39, 0.29) is 5.24 Å². The van der Waals surface area contributed by atoms with E-state index in [1.165, 1.54) is 16.8 Å². The van der Waals surface area contributed by atoms with E-state index >= 15 is 0 Å². The number of hydrogen-bond acceptors (Lipinski definition) is 7. The van der Waals surface area contributed by atoms with Crippen molar-refractivity contribution in [1.29, 1.82) is 0 Å². The number of nitrogens with one attached hydrogen (secondary N) is 1. The Morgan fingerprint density at radius 1 is 1.13 bits per heavy atom. The van der Waals surface area contributed by atoms with E-state index in [4.69, 9.17) is 14.2 Å². The van der Waals surface area contributed by atoms with Gasteiger partial charge in [0.1, 0.15) is 0 Å². The molecule has 0 aliphatic carbocycles. The highest BCUT2D eigenvalue weighted by molar-refractivity contribution is 8.14. The van der Waals surface area contributed by atoms with E-state index in [2.05, 4.69) is 10.4 Å². The summed E-state index contributed by atoms with van der Waals surface area (Å²) in [5, 5.41) is 8.63. The molecular formula is C22H25N3O5S. The van der Waals surface area contributed by atoms with E-state index in [1.54, 1.807) is 33.3 Å². The second-order valence-corrected chi connectivity index (χ2v) is 7.51. The molecule has 0 aromatic heterocycles. The molecule has 0 saturated carbocycles. The molecule has 164 valence electrons. The highest BCUT2D eigenvalue weighted by Crippen LogP contribution is 2.29. The number of nitrogens with zero attached hydrogens (tertiary/aromatic N) is 2. The van der Waals surface area contributed by atoms with Crippen LogP contribution < -0.4 is 14.8 Å². The van der Waals surface area contributed by atoms with Crippen molar-refractivity contribution < 1.29 is 23.8 Å². The minimum Gasteiger partial charge on any atom is -0.493 e. The second-order valence-electron chi connectivity index (χ2n) is 6.59. The van der Waals surface area contributed by atoms with Gasteiger partial charge in [0.2, 0.25) is 0 Å². The van der Waals surface area contributed by atoms with Crippen molar-refractivity contribution in [2.45, 2.75) is 13.3 Å². The zero-order chi connectivity index (χ0) is 22.2. The maximum absolute atomic E-state index is 12.3. The molecule has 2 amide bonds. The third-order valence-corrected chi connectivity index (χ3v) is 5.46. The van der Waals surface area contributed by atoms with Gasteiger partial charge in [-0.1, -0.05) is 23.9 Å². The first kappa shape index (κ1) is 22.5. The Bertz CT molecular complexity index is 962. The van der Waals surface area contributed by atoms with E-state index in [1.807, 2.05) is 30.3 Å². The predicted molar refractivity (Wildman–Crippen MR) is 121 cm³/mol. The Morgan fingerprint density at radius 3 is 2.55 bits per heavy atom. The number of ether oxygens (including phenoxy) is 3. The molecule has 1 aliphatic heterocycles. The Hall–Kier alpha value is -3.20. The zero-order valence-electron chi connectivity index (χ0n) is 17.7. The molecule has 2 aromatic rings. The lowest BCUT2D eigenvalue weighted by Crippen LogP contribution is -2.31. The van der Waals surface area contributed by atoms with Crippen molar-refractivity contribution in [3.63, 3.8) is 0 Å². The fraction of sp³-hybridized carbons (Fsp3) is 0.318. The molecule has 9 heteroatoms. The number of benzene rings is 2. The molecule has 0 atom stereocenters. The molecule has 1 aliphatic rings. The van der Waals surface area contributed by atoms with Gasteiger partial charge in [0.05, 0.1) is 26.5 Å². The van der Waals surface area contributed by atoms with Gasteiger partial charge in [-0.2, -0.15) is 5.10 Å². The van der Waals surface area contributed by atoms with Crippen LogP contribution in [0, 0.1) is 0 Å². The third kappa shape index (κ3) is 5.91. The highest BCUT2D eigenvalue weighted by Gasteiger charge is 2.22. The fourth-order valence-electron chi connectivity index (χ4n) is 2.99. The van der Waals surface area contributed by atoms with Gasteiger partial charge < -0.3 is 14.2 Å². The van der Waals surface area contributed by atoms with Crippen molar-refractivity contribution in [2.24, 2.45) is 5.10 Å². The van der Waals surface area contributed by atoms with Crippen LogP contribution in [0.4, 0.5) is 15.3 Å². The van der Waals surface area contributed by atoms with Crippen LogP contribution in [0.1, 0.15) is 18.1 Å². The molecule has 0 saturated heterocycles. The molecular weight excluding hydrogens is 418 g/mol. The molecule has 1 N–H and O–H groups in total. The molecule has 0 fully saturated rings. The van der Waals surface area contributed by atoms with E-state index in [0.29, 0.717) is 42.5 Å². The van der Waals surface area contributed by atoms with Crippen molar-refractivity contribution >= 4 is 34.5 Å². The summed E-state index contributed by atoms with van der Waals surface area (Å²) in [6.07, 6.45) is 0.150. The second kappa shape index (κ2) is 10.7. The standard InChI is InChI=1S/C22H25N3O5S/c1-4-30-21(26)23-17-8-5-15(6-9-17)11-12-25-22(27)31-14-18(24-25)16-7-10-19(28-2)20(13-16)29-3/h5-10,13H,4,11-12,14H2,1-3H3,(H,23,26). The summed E-state index contributed by atoms with van der Waals surface area (Å²) < 4.78 is 15.5. The lowest BCUT2D eigenvalue weighted by molar-refractivity contribution is 0.168. The van der Waals surface area contributed by atoms with Crippen LogP contribution >= 0.6 is 11.8 Å². The van der Waals surface area contributed by atoms with Gasteiger partial charge in [-0.05, 0) is 49.2 Å². The number of carbonyl (C=O) groups excluding carboxylic acids is 2. The van der Waals surface area contributed by atoms with E-state index in [9.17, 15) is 9.59 Å². The quantitative estimate of drug-likeness (QED) is 0.651. The van der Waals surface area contributed by atoms with Crippen molar-refractivity contribution in [2.75, 3.05) is 38.4 Å². The molecule has 0 bridgehead atoms. The molecule has 0 spiro atoms. The Kier molecular flexibility index (Phi) is 7.77. The predicted octanol–water partition coefficient (Wildman–Crippen LogP) is 4.39. The topological polar surface area (TPSA) is 89.5 Å². The number of carbonyl (C=O) groups is 2. The van der Waals surface area contributed by atoms with Crippen molar-refractivity contribution in [1.82, 2.24) is 5.01 Å². The smallest absolute Gasteiger partial charge is 0.411 e. The van der Waals surface area contributed by atoms with Crippen LogP contribution in [0.25, 0.3) is 0 Å². The largest absolute Gasteiger partial charge is 0.493 e. The number of amides is 2. The van der Waals surface area contributed by atoms with Crippen LogP contribution in [0.3, 0.4) is 0 Å². The lowest BCUT2D eigenvalue weighted by Gasteiger charge is -2.23.